The van der Waals surface area contributed by atoms with E-state index in [9.17, 15) is 9.59 Å². The van der Waals surface area contributed by atoms with Gasteiger partial charge in [-0.25, -0.2) is 0 Å². The predicted molar refractivity (Wildman–Crippen MR) is 131 cm³/mol. The van der Waals surface area contributed by atoms with Crippen LogP contribution in [0.5, 0.6) is 0 Å². The Balaban J connectivity index is 0.00000306. The molecule has 2 saturated heterocycles. The van der Waals surface area contributed by atoms with E-state index in [0.29, 0.717) is 18.4 Å². The number of carbonyl (C=O) groups excluding carboxylic acids is 2. The number of amides is 2. The second-order valence-corrected chi connectivity index (χ2v) is 11.5. The van der Waals surface area contributed by atoms with Crippen molar-refractivity contribution in [2.24, 2.45) is 5.41 Å². The van der Waals surface area contributed by atoms with Crippen molar-refractivity contribution in [1.82, 2.24) is 15.1 Å². The van der Waals surface area contributed by atoms with Crippen molar-refractivity contribution in [2.75, 3.05) is 26.2 Å². The van der Waals surface area contributed by atoms with Crippen LogP contribution >= 0.6 is 0 Å². The minimum atomic E-state index is -0.390. The molecule has 1 aliphatic carbocycles. The van der Waals surface area contributed by atoms with Crippen LogP contribution in [-0.2, 0) is 15.0 Å². The number of piperidine rings is 1. The van der Waals surface area contributed by atoms with Crippen LogP contribution in [0.3, 0.4) is 0 Å². The van der Waals surface area contributed by atoms with E-state index in [0.717, 1.165) is 32.4 Å². The van der Waals surface area contributed by atoms with Gasteiger partial charge in [0.15, 0.2) is 0 Å². The monoisotopic (exact) mass is 441 g/mol. The maximum Gasteiger partial charge on any atom is 0.242 e. The molecule has 1 spiro atoms. The van der Waals surface area contributed by atoms with E-state index in [-0.39, 0.29) is 30.7 Å². The summed E-state index contributed by atoms with van der Waals surface area (Å²) in [6.45, 7) is 13.0. The van der Waals surface area contributed by atoms with Crippen LogP contribution in [0.2, 0.25) is 0 Å². The quantitative estimate of drug-likeness (QED) is 0.723. The summed E-state index contributed by atoms with van der Waals surface area (Å²) in [6, 6.07) is 8.41. The van der Waals surface area contributed by atoms with Crippen LogP contribution in [0.15, 0.2) is 24.3 Å². The summed E-state index contributed by atoms with van der Waals surface area (Å²) in [6.07, 6.45) is 7.17. The Hall–Kier alpha value is -1.88. The molecule has 2 amide bonds. The summed E-state index contributed by atoms with van der Waals surface area (Å²) in [7, 11) is 0. The third kappa shape index (κ3) is 4.88. The van der Waals surface area contributed by atoms with E-state index < -0.39 is 0 Å². The third-order valence-electron chi connectivity index (χ3n) is 8.08. The van der Waals surface area contributed by atoms with Gasteiger partial charge >= 0.3 is 0 Å². The average molecular weight is 442 g/mol. The molecule has 2 heterocycles. The van der Waals surface area contributed by atoms with Crippen molar-refractivity contribution in [3.63, 3.8) is 0 Å². The van der Waals surface area contributed by atoms with Gasteiger partial charge in [-0.05, 0) is 87.0 Å². The number of hydrogen-bond donors (Lipinski definition) is 1. The van der Waals surface area contributed by atoms with E-state index in [1.54, 1.807) is 4.90 Å². The molecule has 0 radical (unpaired) electrons. The van der Waals surface area contributed by atoms with Crippen molar-refractivity contribution in [3.05, 3.63) is 35.4 Å². The van der Waals surface area contributed by atoms with E-state index in [1.807, 2.05) is 6.92 Å². The minimum absolute atomic E-state index is 0. The van der Waals surface area contributed by atoms with Crippen molar-refractivity contribution in [2.45, 2.75) is 90.1 Å². The normalized spacial score (nSPS) is 24.4. The average Bonchev–Trinajstić information content (AvgIpc) is 3.20. The minimum Gasteiger partial charge on any atom is -0.348 e. The van der Waals surface area contributed by atoms with Gasteiger partial charge in [-0.3, -0.25) is 9.59 Å². The number of hydrogen-bond acceptors (Lipinski definition) is 3. The zero-order chi connectivity index (χ0) is 22.9. The number of carbonyl (C=O) groups is 2. The molecule has 32 heavy (non-hydrogen) atoms. The first-order valence-corrected chi connectivity index (χ1v) is 12.6. The van der Waals surface area contributed by atoms with Gasteiger partial charge < -0.3 is 15.1 Å². The largest absolute Gasteiger partial charge is 0.348 e. The van der Waals surface area contributed by atoms with Crippen molar-refractivity contribution in [3.8, 4) is 0 Å². The molecule has 3 aliphatic rings. The van der Waals surface area contributed by atoms with E-state index in [4.69, 9.17) is 0 Å². The summed E-state index contributed by atoms with van der Waals surface area (Å²) in [4.78, 5) is 29.5. The van der Waals surface area contributed by atoms with Gasteiger partial charge in [0.1, 0.15) is 6.04 Å². The van der Waals surface area contributed by atoms with Crippen molar-refractivity contribution in [1.29, 1.82) is 0 Å². The number of likely N-dealkylation sites (tertiary alicyclic amines) is 2. The number of benzene rings is 1. The molecule has 1 N–H and O–H groups in total. The van der Waals surface area contributed by atoms with Crippen LogP contribution in [-0.4, -0.2) is 53.8 Å². The highest BCUT2D eigenvalue weighted by Crippen LogP contribution is 2.48. The maximum atomic E-state index is 13.0. The number of fused-ring (bicyclic) bond motifs is 2. The Bertz CT molecular complexity index is 842. The van der Waals surface area contributed by atoms with Gasteiger partial charge in [0.2, 0.25) is 11.8 Å². The first-order valence-electron chi connectivity index (χ1n) is 12.6. The second kappa shape index (κ2) is 9.17. The zero-order valence-corrected chi connectivity index (χ0v) is 20.5. The molecule has 1 aromatic carbocycles. The van der Waals surface area contributed by atoms with Crippen LogP contribution in [0.4, 0.5) is 0 Å². The lowest BCUT2D eigenvalue weighted by atomic mass is 9.63. The van der Waals surface area contributed by atoms with E-state index >= 15 is 0 Å². The van der Waals surface area contributed by atoms with E-state index in [2.05, 4.69) is 55.3 Å². The number of nitrogens with zero attached hydrogens (tertiary/aromatic N) is 2. The Kier molecular flexibility index (Phi) is 6.67. The first kappa shape index (κ1) is 23.3. The smallest absolute Gasteiger partial charge is 0.242 e. The summed E-state index contributed by atoms with van der Waals surface area (Å²) >= 11 is 0. The fourth-order valence-electron chi connectivity index (χ4n) is 5.87. The molecule has 5 nitrogen and oxygen atoms in total. The molecule has 0 saturated carbocycles. The fraction of sp³-hybridized carbons (Fsp3) is 0.704. The van der Waals surface area contributed by atoms with Crippen LogP contribution < -0.4 is 5.32 Å². The summed E-state index contributed by atoms with van der Waals surface area (Å²) in [5, 5.41) is 3.30. The molecule has 4 rings (SSSR count). The first-order chi connectivity index (χ1) is 15.2. The summed E-state index contributed by atoms with van der Waals surface area (Å²) in [5.74, 6) is 0.0851. The van der Waals surface area contributed by atoms with Gasteiger partial charge in [-0.2, -0.15) is 0 Å². The summed E-state index contributed by atoms with van der Waals surface area (Å²) in [5.41, 5.74) is 3.36. The molecule has 1 aromatic rings. The number of nitrogens with one attached hydrogen (secondary N) is 1. The molecule has 2 fully saturated rings. The van der Waals surface area contributed by atoms with E-state index in [1.165, 1.54) is 36.9 Å². The van der Waals surface area contributed by atoms with Gasteiger partial charge in [0.25, 0.3) is 0 Å². The molecule has 2 atom stereocenters. The highest BCUT2D eigenvalue weighted by Gasteiger charge is 2.42. The Labute approximate surface area is 195 Å². The van der Waals surface area contributed by atoms with Crippen molar-refractivity contribution < 1.29 is 11.0 Å². The van der Waals surface area contributed by atoms with Crippen molar-refractivity contribution >= 4 is 11.8 Å². The lowest BCUT2D eigenvalue weighted by Crippen LogP contribution is -2.49. The highest BCUT2D eigenvalue weighted by molar-refractivity contribution is 5.88. The van der Waals surface area contributed by atoms with Crippen LogP contribution in [0.25, 0.3) is 0 Å². The molecule has 0 unspecified atom stereocenters. The van der Waals surface area contributed by atoms with Gasteiger partial charge in [-0.1, -0.05) is 45.0 Å². The SMILES string of the molecule is C[C@@H](C(=O)N[C@@H]1CCC2(CCN(CCC(C)(C)C)CC2)c2ccccc21)N1CCCC1=O.[HH]. The third-order valence-corrected chi connectivity index (χ3v) is 8.08. The Morgan fingerprint density at radius 2 is 1.91 bits per heavy atom. The highest BCUT2D eigenvalue weighted by atomic mass is 16.2. The summed E-state index contributed by atoms with van der Waals surface area (Å²) < 4.78 is 0. The lowest BCUT2D eigenvalue weighted by Gasteiger charge is -2.47. The standard InChI is InChI=1S/C27H41N3O2.H2/c1-20(30-16-7-10-24(30)31)25(32)28-23-11-12-27(22-9-6-5-8-21(22)23)14-18-29(19-15-27)17-13-26(2,3)4;/h5-6,8-9,20,23H,7,10-19H2,1-4H3,(H,28,32);1H/t20-,23+;/m0./s1. The molecule has 2 aliphatic heterocycles. The molecule has 0 bridgehead atoms. The lowest BCUT2D eigenvalue weighted by molar-refractivity contribution is -0.137. The second-order valence-electron chi connectivity index (χ2n) is 11.5. The van der Waals surface area contributed by atoms with Gasteiger partial charge in [0, 0.05) is 14.4 Å². The predicted octanol–water partition coefficient (Wildman–Crippen LogP) is 4.66. The Morgan fingerprint density at radius 1 is 1.19 bits per heavy atom. The topological polar surface area (TPSA) is 52.7 Å². The molecule has 5 heteroatoms. The molecule has 178 valence electrons. The fourth-order valence-corrected chi connectivity index (χ4v) is 5.87. The zero-order valence-electron chi connectivity index (χ0n) is 20.5. The van der Waals surface area contributed by atoms with Crippen LogP contribution in [0, 0.1) is 5.41 Å². The molecular formula is C27H43N3O2. The van der Waals surface area contributed by atoms with Gasteiger partial charge in [-0.15, -0.1) is 0 Å². The number of rotatable bonds is 5. The molecule has 0 aromatic heterocycles. The Morgan fingerprint density at radius 3 is 2.56 bits per heavy atom. The van der Waals surface area contributed by atoms with Gasteiger partial charge in [0.05, 0.1) is 6.04 Å². The molecular weight excluding hydrogens is 398 g/mol. The van der Waals surface area contributed by atoms with Crippen LogP contribution in [0.1, 0.15) is 91.2 Å². The maximum absolute atomic E-state index is 13.0.